The first-order valence-corrected chi connectivity index (χ1v) is 9.55. The molecular weight excluding hydrogens is 405 g/mol. The number of anilines is 2. The zero-order valence-electron chi connectivity index (χ0n) is 16.7. The van der Waals surface area contributed by atoms with Gasteiger partial charge in [-0.3, -0.25) is 14.7 Å². The summed E-state index contributed by atoms with van der Waals surface area (Å²) < 4.78 is 21.6. The summed E-state index contributed by atoms with van der Waals surface area (Å²) in [5.41, 5.74) is 1.36. The molecule has 4 rings (SSSR count). The van der Waals surface area contributed by atoms with Crippen molar-refractivity contribution < 1.29 is 18.7 Å². The van der Waals surface area contributed by atoms with Gasteiger partial charge in [0.15, 0.2) is 0 Å². The third-order valence-electron chi connectivity index (χ3n) is 4.62. The Bertz CT molecular complexity index is 1090. The Morgan fingerprint density at radius 2 is 2.19 bits per heavy atom. The molecule has 0 bridgehead atoms. The van der Waals surface area contributed by atoms with Gasteiger partial charge < -0.3 is 19.9 Å². The number of ether oxygens (including phenoxy) is 1. The van der Waals surface area contributed by atoms with Crippen molar-refractivity contribution in [3.05, 3.63) is 60.8 Å². The minimum Gasteiger partial charge on any atom is -0.442 e. The van der Waals surface area contributed by atoms with Crippen molar-refractivity contribution in [2.75, 3.05) is 23.3 Å². The van der Waals surface area contributed by atoms with E-state index >= 15 is 0 Å². The number of carbonyl (C=O) groups excluding carboxylic acids is 2. The van der Waals surface area contributed by atoms with Crippen LogP contribution in [0.25, 0.3) is 5.69 Å². The maximum atomic E-state index is 14.8. The second-order valence-electron chi connectivity index (χ2n) is 6.91. The minimum atomic E-state index is -0.581. The standard InChI is InChI=1S/C20H20FN7O3/c1-13(29)24-8-16-11-28(20(30)31-16)15-2-3-18(17(21)6-15)27-10-14(26-12-27)7-25-19-9-22-4-5-23-19/h2-6,9-10,12,16H,7-8,11H2,1H3,(H,23,25)(H,24,29). The van der Waals surface area contributed by atoms with E-state index < -0.39 is 18.0 Å². The van der Waals surface area contributed by atoms with Gasteiger partial charge in [0, 0.05) is 25.5 Å². The van der Waals surface area contributed by atoms with Crippen LogP contribution >= 0.6 is 0 Å². The van der Waals surface area contributed by atoms with E-state index in [-0.39, 0.29) is 19.0 Å². The highest BCUT2D eigenvalue weighted by atomic mass is 19.1. The first-order valence-electron chi connectivity index (χ1n) is 9.55. The number of cyclic esters (lactones) is 1. The summed E-state index contributed by atoms with van der Waals surface area (Å²) in [6.07, 6.45) is 6.90. The van der Waals surface area contributed by atoms with Gasteiger partial charge in [0.05, 0.1) is 49.2 Å². The highest BCUT2D eigenvalue weighted by Crippen LogP contribution is 2.25. The predicted octanol–water partition coefficient (Wildman–Crippen LogP) is 1.87. The fourth-order valence-electron chi connectivity index (χ4n) is 3.13. The first-order chi connectivity index (χ1) is 15.0. The molecule has 1 aliphatic rings. The van der Waals surface area contributed by atoms with Crippen molar-refractivity contribution in [2.45, 2.75) is 19.6 Å². The van der Waals surface area contributed by atoms with Gasteiger partial charge in [0.1, 0.15) is 17.7 Å². The van der Waals surface area contributed by atoms with Crippen LogP contribution in [0.3, 0.4) is 0 Å². The van der Waals surface area contributed by atoms with Crippen LogP contribution in [0, 0.1) is 5.82 Å². The average Bonchev–Trinajstić information content (AvgIpc) is 3.38. The largest absolute Gasteiger partial charge is 0.442 e. The van der Waals surface area contributed by atoms with Crippen LogP contribution in [-0.4, -0.2) is 50.7 Å². The van der Waals surface area contributed by atoms with E-state index in [0.29, 0.717) is 29.4 Å². The molecule has 0 spiro atoms. The Morgan fingerprint density at radius 3 is 2.94 bits per heavy atom. The monoisotopic (exact) mass is 425 g/mol. The van der Waals surface area contributed by atoms with E-state index in [0.717, 1.165) is 0 Å². The maximum absolute atomic E-state index is 14.8. The zero-order chi connectivity index (χ0) is 21.8. The van der Waals surface area contributed by atoms with E-state index in [9.17, 15) is 14.0 Å². The number of imidazole rings is 1. The molecule has 1 atom stereocenters. The highest BCUT2D eigenvalue weighted by molar-refractivity contribution is 5.90. The molecule has 1 aliphatic heterocycles. The minimum absolute atomic E-state index is 0.207. The van der Waals surface area contributed by atoms with Crippen LogP contribution in [0.5, 0.6) is 0 Å². The Balaban J connectivity index is 1.43. The van der Waals surface area contributed by atoms with Crippen molar-refractivity contribution in [1.82, 2.24) is 24.8 Å². The molecule has 0 aliphatic carbocycles. The van der Waals surface area contributed by atoms with E-state index in [1.54, 1.807) is 41.5 Å². The molecule has 31 heavy (non-hydrogen) atoms. The summed E-state index contributed by atoms with van der Waals surface area (Å²) in [5, 5.41) is 5.69. The van der Waals surface area contributed by atoms with Gasteiger partial charge in [-0.25, -0.2) is 19.2 Å². The normalized spacial score (nSPS) is 15.6. The lowest BCUT2D eigenvalue weighted by molar-refractivity contribution is -0.119. The Hall–Kier alpha value is -4.02. The molecule has 2 N–H and O–H groups in total. The molecule has 0 saturated carbocycles. The van der Waals surface area contributed by atoms with Crippen LogP contribution in [0.15, 0.2) is 49.3 Å². The van der Waals surface area contributed by atoms with Crippen LogP contribution < -0.4 is 15.5 Å². The maximum Gasteiger partial charge on any atom is 0.414 e. The quantitative estimate of drug-likeness (QED) is 0.594. The van der Waals surface area contributed by atoms with Gasteiger partial charge in [-0.05, 0) is 18.2 Å². The lowest BCUT2D eigenvalue weighted by Gasteiger charge is -2.14. The summed E-state index contributed by atoms with van der Waals surface area (Å²) >= 11 is 0. The molecule has 1 aromatic carbocycles. The smallest absolute Gasteiger partial charge is 0.414 e. The molecule has 3 heterocycles. The van der Waals surface area contributed by atoms with Gasteiger partial charge in [0.2, 0.25) is 5.91 Å². The van der Waals surface area contributed by atoms with Gasteiger partial charge in [-0.15, -0.1) is 0 Å². The second kappa shape index (κ2) is 8.78. The second-order valence-corrected chi connectivity index (χ2v) is 6.91. The lowest BCUT2D eigenvalue weighted by atomic mass is 10.2. The molecule has 3 aromatic rings. The van der Waals surface area contributed by atoms with E-state index in [1.807, 2.05) is 0 Å². The molecule has 10 nitrogen and oxygen atoms in total. The highest BCUT2D eigenvalue weighted by Gasteiger charge is 2.32. The number of hydrogen-bond donors (Lipinski definition) is 2. The summed E-state index contributed by atoms with van der Waals surface area (Å²) in [6.45, 7) is 2.22. The summed E-state index contributed by atoms with van der Waals surface area (Å²) in [6, 6.07) is 4.48. The summed E-state index contributed by atoms with van der Waals surface area (Å²) in [4.78, 5) is 36.9. The fraction of sp³-hybridized carbons (Fsp3) is 0.250. The van der Waals surface area contributed by atoms with Crippen molar-refractivity contribution in [3.63, 3.8) is 0 Å². The Morgan fingerprint density at radius 1 is 1.32 bits per heavy atom. The van der Waals surface area contributed by atoms with Gasteiger partial charge in [-0.2, -0.15) is 0 Å². The Labute approximate surface area is 177 Å². The molecule has 0 radical (unpaired) electrons. The molecule has 2 amide bonds. The molecule has 160 valence electrons. The number of nitrogens with zero attached hydrogens (tertiary/aromatic N) is 5. The summed E-state index contributed by atoms with van der Waals surface area (Å²) in [5.74, 6) is -0.111. The number of benzene rings is 1. The SMILES string of the molecule is CC(=O)NCC1CN(c2ccc(-n3cnc(CNc4cnccn4)c3)c(F)c2)C(=O)O1. The first kappa shape index (κ1) is 20.3. The average molecular weight is 425 g/mol. The van der Waals surface area contributed by atoms with Crippen molar-refractivity contribution in [2.24, 2.45) is 0 Å². The Kier molecular flexibility index (Phi) is 5.74. The predicted molar refractivity (Wildman–Crippen MR) is 109 cm³/mol. The number of rotatable bonds is 7. The van der Waals surface area contributed by atoms with Crippen molar-refractivity contribution in [3.8, 4) is 5.69 Å². The molecular formula is C20H20FN7O3. The fourth-order valence-corrected chi connectivity index (χ4v) is 3.13. The number of carbonyl (C=O) groups is 2. The zero-order valence-corrected chi connectivity index (χ0v) is 16.7. The molecule has 1 fully saturated rings. The van der Waals surface area contributed by atoms with Crippen LogP contribution in [-0.2, 0) is 16.1 Å². The van der Waals surface area contributed by atoms with Crippen LogP contribution in [0.4, 0.5) is 20.7 Å². The number of halogens is 1. The number of hydrogen-bond acceptors (Lipinski definition) is 7. The molecule has 11 heteroatoms. The van der Waals surface area contributed by atoms with Crippen LogP contribution in [0.2, 0.25) is 0 Å². The number of aromatic nitrogens is 4. The van der Waals surface area contributed by atoms with Crippen molar-refractivity contribution in [1.29, 1.82) is 0 Å². The number of nitrogens with one attached hydrogen (secondary N) is 2. The topological polar surface area (TPSA) is 114 Å². The van der Waals surface area contributed by atoms with E-state index in [1.165, 1.54) is 24.2 Å². The third-order valence-corrected chi connectivity index (χ3v) is 4.62. The third kappa shape index (κ3) is 4.77. The molecule has 1 unspecified atom stereocenters. The lowest BCUT2D eigenvalue weighted by Crippen LogP contribution is -2.33. The van der Waals surface area contributed by atoms with Crippen LogP contribution in [0.1, 0.15) is 12.6 Å². The van der Waals surface area contributed by atoms with Gasteiger partial charge >= 0.3 is 6.09 Å². The molecule has 1 saturated heterocycles. The van der Waals surface area contributed by atoms with Gasteiger partial charge in [-0.1, -0.05) is 0 Å². The number of amides is 2. The van der Waals surface area contributed by atoms with Crippen molar-refractivity contribution >= 4 is 23.5 Å². The summed E-state index contributed by atoms with van der Waals surface area (Å²) in [7, 11) is 0. The molecule has 2 aromatic heterocycles. The van der Waals surface area contributed by atoms with Gasteiger partial charge in [0.25, 0.3) is 0 Å². The van der Waals surface area contributed by atoms with E-state index in [2.05, 4.69) is 25.6 Å². The van der Waals surface area contributed by atoms with E-state index in [4.69, 9.17) is 4.74 Å².